The summed E-state index contributed by atoms with van der Waals surface area (Å²) in [4.78, 5) is 0. The SMILES string of the molecule is NCc1ccccc1CC1CCCO1. The number of ether oxygens (including phenoxy) is 1. The van der Waals surface area contributed by atoms with Crippen LogP contribution in [0.15, 0.2) is 24.3 Å². The van der Waals surface area contributed by atoms with Gasteiger partial charge in [-0.3, -0.25) is 0 Å². The van der Waals surface area contributed by atoms with Crippen molar-refractivity contribution >= 4 is 0 Å². The fraction of sp³-hybridized carbons (Fsp3) is 0.500. The van der Waals surface area contributed by atoms with Crippen LogP contribution < -0.4 is 5.73 Å². The Morgan fingerprint density at radius 1 is 1.29 bits per heavy atom. The maximum absolute atomic E-state index is 5.68. The molecular weight excluding hydrogens is 174 g/mol. The maximum atomic E-state index is 5.68. The van der Waals surface area contributed by atoms with Crippen molar-refractivity contribution in [2.45, 2.75) is 31.9 Å². The lowest BCUT2D eigenvalue weighted by molar-refractivity contribution is 0.111. The molecule has 1 aromatic carbocycles. The first-order valence-electron chi connectivity index (χ1n) is 5.28. The molecule has 0 spiro atoms. The molecule has 1 fully saturated rings. The first-order valence-corrected chi connectivity index (χ1v) is 5.28. The molecule has 1 unspecified atom stereocenters. The summed E-state index contributed by atoms with van der Waals surface area (Å²) in [6.07, 6.45) is 3.84. The maximum Gasteiger partial charge on any atom is 0.0616 e. The molecule has 0 aromatic heterocycles. The fourth-order valence-electron chi connectivity index (χ4n) is 2.01. The number of benzene rings is 1. The van der Waals surface area contributed by atoms with E-state index >= 15 is 0 Å². The molecule has 1 saturated heterocycles. The molecule has 2 N–H and O–H groups in total. The fourth-order valence-corrected chi connectivity index (χ4v) is 2.01. The minimum Gasteiger partial charge on any atom is -0.378 e. The highest BCUT2D eigenvalue weighted by Gasteiger charge is 2.16. The van der Waals surface area contributed by atoms with Gasteiger partial charge in [0.25, 0.3) is 0 Å². The lowest BCUT2D eigenvalue weighted by Gasteiger charge is -2.12. The van der Waals surface area contributed by atoms with Crippen molar-refractivity contribution in [3.8, 4) is 0 Å². The van der Waals surface area contributed by atoms with Crippen LogP contribution in [0.1, 0.15) is 24.0 Å². The van der Waals surface area contributed by atoms with Gasteiger partial charge >= 0.3 is 0 Å². The van der Waals surface area contributed by atoms with E-state index in [0.29, 0.717) is 12.6 Å². The van der Waals surface area contributed by atoms with Gasteiger partial charge in [0.2, 0.25) is 0 Å². The second-order valence-corrected chi connectivity index (χ2v) is 3.81. The largest absolute Gasteiger partial charge is 0.378 e. The molecule has 1 heterocycles. The molecule has 0 aliphatic carbocycles. The van der Waals surface area contributed by atoms with Crippen LogP contribution >= 0.6 is 0 Å². The Bertz CT molecular complexity index is 292. The Labute approximate surface area is 85.1 Å². The molecule has 0 amide bonds. The Morgan fingerprint density at radius 3 is 2.71 bits per heavy atom. The molecule has 0 bridgehead atoms. The first kappa shape index (κ1) is 9.69. The minimum absolute atomic E-state index is 0.419. The molecule has 2 nitrogen and oxygen atoms in total. The smallest absolute Gasteiger partial charge is 0.0616 e. The topological polar surface area (TPSA) is 35.2 Å². The van der Waals surface area contributed by atoms with Gasteiger partial charge < -0.3 is 10.5 Å². The van der Waals surface area contributed by atoms with Crippen molar-refractivity contribution in [1.82, 2.24) is 0 Å². The number of hydrogen-bond acceptors (Lipinski definition) is 2. The van der Waals surface area contributed by atoms with E-state index in [1.54, 1.807) is 0 Å². The third kappa shape index (κ3) is 2.14. The van der Waals surface area contributed by atoms with Gasteiger partial charge in [0, 0.05) is 13.2 Å². The highest BCUT2D eigenvalue weighted by molar-refractivity contribution is 5.27. The Hall–Kier alpha value is -0.860. The minimum atomic E-state index is 0.419. The average molecular weight is 191 g/mol. The van der Waals surface area contributed by atoms with Gasteiger partial charge in [-0.1, -0.05) is 24.3 Å². The second-order valence-electron chi connectivity index (χ2n) is 3.81. The predicted octanol–water partition coefficient (Wildman–Crippen LogP) is 1.87. The summed E-state index contributed by atoms with van der Waals surface area (Å²) in [5, 5.41) is 0. The van der Waals surface area contributed by atoms with E-state index in [1.807, 2.05) is 6.07 Å². The van der Waals surface area contributed by atoms with Crippen LogP contribution in [-0.4, -0.2) is 12.7 Å². The monoisotopic (exact) mass is 191 g/mol. The van der Waals surface area contributed by atoms with Crippen molar-refractivity contribution in [2.24, 2.45) is 5.73 Å². The van der Waals surface area contributed by atoms with E-state index in [2.05, 4.69) is 18.2 Å². The average Bonchev–Trinajstić information content (AvgIpc) is 2.71. The standard InChI is InChI=1S/C12H17NO/c13-9-11-5-2-1-4-10(11)8-12-6-3-7-14-12/h1-2,4-5,12H,3,6-9,13H2. The van der Waals surface area contributed by atoms with Crippen LogP contribution in [0.2, 0.25) is 0 Å². The summed E-state index contributed by atoms with van der Waals surface area (Å²) in [5.74, 6) is 0. The van der Waals surface area contributed by atoms with Gasteiger partial charge in [0.1, 0.15) is 0 Å². The van der Waals surface area contributed by atoms with Gasteiger partial charge in [-0.25, -0.2) is 0 Å². The molecule has 2 rings (SSSR count). The van der Waals surface area contributed by atoms with E-state index in [1.165, 1.54) is 24.0 Å². The number of nitrogens with two attached hydrogens (primary N) is 1. The summed E-state index contributed by atoms with van der Waals surface area (Å²) in [5.41, 5.74) is 8.29. The van der Waals surface area contributed by atoms with E-state index in [9.17, 15) is 0 Å². The van der Waals surface area contributed by atoms with Gasteiger partial charge in [-0.15, -0.1) is 0 Å². The summed E-state index contributed by atoms with van der Waals surface area (Å²) in [7, 11) is 0. The summed E-state index contributed by atoms with van der Waals surface area (Å²) in [6, 6.07) is 8.37. The van der Waals surface area contributed by atoms with Crippen molar-refractivity contribution in [1.29, 1.82) is 0 Å². The molecule has 0 radical (unpaired) electrons. The zero-order valence-electron chi connectivity index (χ0n) is 8.41. The van der Waals surface area contributed by atoms with Crippen LogP contribution in [0.4, 0.5) is 0 Å². The molecule has 14 heavy (non-hydrogen) atoms. The Balaban J connectivity index is 2.07. The first-order chi connectivity index (χ1) is 6.90. The molecule has 0 saturated carbocycles. The lowest BCUT2D eigenvalue weighted by atomic mass is 10.0. The quantitative estimate of drug-likeness (QED) is 0.791. The third-order valence-electron chi connectivity index (χ3n) is 2.81. The van der Waals surface area contributed by atoms with E-state index in [4.69, 9.17) is 10.5 Å². The summed E-state index contributed by atoms with van der Waals surface area (Å²) in [6.45, 7) is 1.55. The normalized spacial score (nSPS) is 21.4. The van der Waals surface area contributed by atoms with Crippen LogP contribution in [-0.2, 0) is 17.7 Å². The Kier molecular flexibility index (Phi) is 3.17. The van der Waals surface area contributed by atoms with E-state index < -0.39 is 0 Å². The number of hydrogen-bond donors (Lipinski definition) is 1. The number of rotatable bonds is 3. The van der Waals surface area contributed by atoms with Crippen molar-refractivity contribution < 1.29 is 4.74 Å². The van der Waals surface area contributed by atoms with Gasteiger partial charge in [-0.05, 0) is 30.4 Å². The highest BCUT2D eigenvalue weighted by atomic mass is 16.5. The van der Waals surface area contributed by atoms with E-state index in [0.717, 1.165) is 13.0 Å². The highest BCUT2D eigenvalue weighted by Crippen LogP contribution is 2.19. The summed E-state index contributed by atoms with van der Waals surface area (Å²) >= 11 is 0. The van der Waals surface area contributed by atoms with Crippen LogP contribution in [0.3, 0.4) is 0 Å². The third-order valence-corrected chi connectivity index (χ3v) is 2.81. The molecule has 2 heteroatoms. The second kappa shape index (κ2) is 4.58. The molecule has 1 aliphatic rings. The molecule has 1 aromatic rings. The molecule has 1 aliphatic heterocycles. The van der Waals surface area contributed by atoms with Crippen LogP contribution in [0, 0.1) is 0 Å². The molecule has 1 atom stereocenters. The van der Waals surface area contributed by atoms with Gasteiger partial charge in [0.05, 0.1) is 6.10 Å². The van der Waals surface area contributed by atoms with E-state index in [-0.39, 0.29) is 0 Å². The zero-order valence-corrected chi connectivity index (χ0v) is 8.41. The Morgan fingerprint density at radius 2 is 2.07 bits per heavy atom. The van der Waals surface area contributed by atoms with Crippen molar-refractivity contribution in [3.63, 3.8) is 0 Å². The lowest BCUT2D eigenvalue weighted by Crippen LogP contribution is -2.11. The van der Waals surface area contributed by atoms with Gasteiger partial charge in [-0.2, -0.15) is 0 Å². The summed E-state index contributed by atoms with van der Waals surface area (Å²) < 4.78 is 5.62. The molecule has 76 valence electrons. The van der Waals surface area contributed by atoms with Crippen LogP contribution in [0.25, 0.3) is 0 Å². The predicted molar refractivity (Wildman–Crippen MR) is 57.0 cm³/mol. The zero-order chi connectivity index (χ0) is 9.80. The van der Waals surface area contributed by atoms with Gasteiger partial charge in [0.15, 0.2) is 0 Å². The van der Waals surface area contributed by atoms with Crippen molar-refractivity contribution in [2.75, 3.05) is 6.61 Å². The van der Waals surface area contributed by atoms with Crippen molar-refractivity contribution in [3.05, 3.63) is 35.4 Å². The molecular formula is C12H17NO. The van der Waals surface area contributed by atoms with Crippen LogP contribution in [0.5, 0.6) is 0 Å².